The number of hydrogen-bond donors (Lipinski definition) is 0. The van der Waals surface area contributed by atoms with Crippen LogP contribution in [-0.2, 0) is 11.3 Å². The van der Waals surface area contributed by atoms with E-state index < -0.39 is 4.92 Å². The molecule has 0 spiro atoms. The van der Waals surface area contributed by atoms with Crippen molar-refractivity contribution in [2.24, 2.45) is 0 Å². The lowest BCUT2D eigenvalue weighted by molar-refractivity contribution is -0.384. The molecule has 7 heteroatoms. The molecule has 0 aliphatic heterocycles. The van der Waals surface area contributed by atoms with Crippen LogP contribution in [0.4, 0.5) is 5.69 Å². The summed E-state index contributed by atoms with van der Waals surface area (Å²) in [7, 11) is 1.65. The number of nitriles is 1. The zero-order chi connectivity index (χ0) is 17.5. The maximum atomic E-state index is 12.1. The number of benzene rings is 2. The van der Waals surface area contributed by atoms with Gasteiger partial charge in [-0.3, -0.25) is 14.9 Å². The number of rotatable bonds is 6. The Morgan fingerprint density at radius 3 is 2.38 bits per heavy atom. The van der Waals surface area contributed by atoms with Crippen molar-refractivity contribution in [2.45, 2.75) is 6.54 Å². The maximum absolute atomic E-state index is 12.1. The number of nitrogens with zero attached hydrogens (tertiary/aromatic N) is 3. The minimum atomic E-state index is -0.500. The molecule has 0 radical (unpaired) electrons. The molecule has 0 aliphatic carbocycles. The lowest BCUT2D eigenvalue weighted by Gasteiger charge is -2.17. The van der Waals surface area contributed by atoms with Gasteiger partial charge in [0.2, 0.25) is 0 Å². The lowest BCUT2D eigenvalue weighted by atomic mass is 10.1. The van der Waals surface area contributed by atoms with Gasteiger partial charge in [0.05, 0.1) is 16.6 Å². The van der Waals surface area contributed by atoms with E-state index in [-0.39, 0.29) is 18.2 Å². The summed E-state index contributed by atoms with van der Waals surface area (Å²) in [4.78, 5) is 23.6. The highest BCUT2D eigenvalue weighted by atomic mass is 16.6. The SMILES string of the molecule is CN(Cc1ccc(C#N)cc1)C(=O)COc1ccc([N+](=O)[O-])cc1. The molecule has 0 saturated carbocycles. The van der Waals surface area contributed by atoms with Crippen LogP contribution in [-0.4, -0.2) is 29.4 Å². The Hall–Kier alpha value is -3.40. The Balaban J connectivity index is 1.86. The molecule has 0 bridgehead atoms. The Morgan fingerprint density at radius 1 is 1.21 bits per heavy atom. The first-order valence-electron chi connectivity index (χ1n) is 7.10. The van der Waals surface area contributed by atoms with E-state index in [0.717, 1.165) is 5.56 Å². The van der Waals surface area contributed by atoms with Gasteiger partial charge in [-0.25, -0.2) is 0 Å². The zero-order valence-corrected chi connectivity index (χ0v) is 13.0. The van der Waals surface area contributed by atoms with Crippen LogP contribution in [0.3, 0.4) is 0 Å². The smallest absolute Gasteiger partial charge is 0.269 e. The minimum absolute atomic E-state index is 0.0355. The molecule has 0 heterocycles. The average Bonchev–Trinajstić information content (AvgIpc) is 2.60. The molecule has 0 fully saturated rings. The van der Waals surface area contributed by atoms with Crippen LogP contribution in [0.5, 0.6) is 5.75 Å². The van der Waals surface area contributed by atoms with E-state index in [1.807, 2.05) is 6.07 Å². The van der Waals surface area contributed by atoms with Gasteiger partial charge >= 0.3 is 0 Å². The molecule has 122 valence electrons. The van der Waals surface area contributed by atoms with Gasteiger partial charge in [0, 0.05) is 25.7 Å². The number of ether oxygens (including phenoxy) is 1. The molecule has 0 atom stereocenters. The molecule has 0 N–H and O–H groups in total. The number of likely N-dealkylation sites (N-methyl/N-ethyl adjacent to an activating group) is 1. The van der Waals surface area contributed by atoms with Gasteiger partial charge in [0.15, 0.2) is 6.61 Å². The largest absolute Gasteiger partial charge is 0.484 e. The highest BCUT2D eigenvalue weighted by Gasteiger charge is 2.11. The van der Waals surface area contributed by atoms with Crippen molar-refractivity contribution >= 4 is 11.6 Å². The fourth-order valence-corrected chi connectivity index (χ4v) is 1.97. The van der Waals surface area contributed by atoms with Crippen LogP contribution in [0.15, 0.2) is 48.5 Å². The monoisotopic (exact) mass is 325 g/mol. The standard InChI is InChI=1S/C17H15N3O4/c1-19(11-14-4-2-13(10-18)3-5-14)17(21)12-24-16-8-6-15(7-9-16)20(22)23/h2-9H,11-12H2,1H3. The van der Waals surface area contributed by atoms with Crippen molar-refractivity contribution in [3.63, 3.8) is 0 Å². The second-order valence-electron chi connectivity index (χ2n) is 5.10. The van der Waals surface area contributed by atoms with Crippen molar-refractivity contribution in [1.29, 1.82) is 5.26 Å². The Labute approximate surface area is 138 Å². The third kappa shape index (κ3) is 4.55. The quantitative estimate of drug-likeness (QED) is 0.600. The molecule has 2 rings (SSSR count). The minimum Gasteiger partial charge on any atom is -0.484 e. The molecule has 24 heavy (non-hydrogen) atoms. The summed E-state index contributed by atoms with van der Waals surface area (Å²) in [5, 5.41) is 19.3. The third-order valence-corrected chi connectivity index (χ3v) is 3.34. The van der Waals surface area contributed by atoms with Crippen LogP contribution < -0.4 is 4.74 Å². The van der Waals surface area contributed by atoms with E-state index in [9.17, 15) is 14.9 Å². The van der Waals surface area contributed by atoms with Gasteiger partial charge in [-0.2, -0.15) is 5.26 Å². The van der Waals surface area contributed by atoms with E-state index in [1.54, 1.807) is 31.3 Å². The number of carbonyl (C=O) groups excluding carboxylic acids is 1. The number of amides is 1. The predicted molar refractivity (Wildman–Crippen MR) is 86.2 cm³/mol. The Kier molecular flexibility index (Phi) is 5.47. The molecule has 0 unspecified atom stereocenters. The number of hydrogen-bond acceptors (Lipinski definition) is 5. The highest BCUT2D eigenvalue weighted by molar-refractivity contribution is 5.77. The summed E-state index contributed by atoms with van der Waals surface area (Å²) < 4.78 is 5.34. The second-order valence-corrected chi connectivity index (χ2v) is 5.10. The summed E-state index contributed by atoms with van der Waals surface area (Å²) in [6.45, 7) is 0.235. The summed E-state index contributed by atoms with van der Waals surface area (Å²) >= 11 is 0. The molecule has 2 aromatic rings. The lowest BCUT2D eigenvalue weighted by Crippen LogP contribution is -2.30. The molecule has 1 amide bonds. The van der Waals surface area contributed by atoms with Gasteiger partial charge in [-0.1, -0.05) is 12.1 Å². The van der Waals surface area contributed by atoms with Crippen molar-refractivity contribution in [3.8, 4) is 11.8 Å². The zero-order valence-electron chi connectivity index (χ0n) is 13.0. The topological polar surface area (TPSA) is 96.5 Å². The van der Waals surface area contributed by atoms with Crippen LogP contribution in [0, 0.1) is 21.4 Å². The highest BCUT2D eigenvalue weighted by Crippen LogP contribution is 2.17. The number of nitro groups is 1. The molecule has 0 aliphatic rings. The van der Waals surface area contributed by atoms with Crippen LogP contribution in [0.1, 0.15) is 11.1 Å². The van der Waals surface area contributed by atoms with Gasteiger partial charge in [-0.15, -0.1) is 0 Å². The summed E-state index contributed by atoms with van der Waals surface area (Å²) in [6, 6.07) is 14.6. The van der Waals surface area contributed by atoms with E-state index >= 15 is 0 Å². The van der Waals surface area contributed by atoms with Crippen LogP contribution in [0.2, 0.25) is 0 Å². The van der Waals surface area contributed by atoms with Gasteiger partial charge in [0.25, 0.3) is 11.6 Å². The number of carbonyl (C=O) groups is 1. The third-order valence-electron chi connectivity index (χ3n) is 3.34. The van der Waals surface area contributed by atoms with Gasteiger partial charge in [-0.05, 0) is 29.8 Å². The first-order valence-corrected chi connectivity index (χ1v) is 7.10. The molecule has 2 aromatic carbocycles. The molecule has 0 aromatic heterocycles. The van der Waals surface area contributed by atoms with Crippen molar-refractivity contribution in [3.05, 3.63) is 69.8 Å². The number of nitro benzene ring substituents is 1. The van der Waals surface area contributed by atoms with Gasteiger partial charge in [0.1, 0.15) is 5.75 Å². The van der Waals surface area contributed by atoms with E-state index in [2.05, 4.69) is 0 Å². The fourth-order valence-electron chi connectivity index (χ4n) is 1.97. The van der Waals surface area contributed by atoms with Gasteiger partial charge < -0.3 is 9.64 Å². The first kappa shape index (κ1) is 17.0. The van der Waals surface area contributed by atoms with Crippen molar-refractivity contribution in [1.82, 2.24) is 4.90 Å². The van der Waals surface area contributed by atoms with Crippen molar-refractivity contribution in [2.75, 3.05) is 13.7 Å². The fraction of sp³-hybridized carbons (Fsp3) is 0.176. The first-order chi connectivity index (χ1) is 11.5. The van der Waals surface area contributed by atoms with E-state index in [1.165, 1.54) is 29.2 Å². The summed E-state index contributed by atoms with van der Waals surface area (Å²) in [5.74, 6) is 0.165. The molecule has 0 saturated heterocycles. The Bertz CT molecular complexity index is 764. The van der Waals surface area contributed by atoms with E-state index in [0.29, 0.717) is 17.9 Å². The van der Waals surface area contributed by atoms with E-state index in [4.69, 9.17) is 10.00 Å². The number of non-ortho nitro benzene ring substituents is 1. The second kappa shape index (κ2) is 7.74. The molecule has 7 nitrogen and oxygen atoms in total. The molecular weight excluding hydrogens is 310 g/mol. The summed E-state index contributed by atoms with van der Waals surface area (Å²) in [5.41, 5.74) is 1.43. The maximum Gasteiger partial charge on any atom is 0.269 e. The Morgan fingerprint density at radius 2 is 1.83 bits per heavy atom. The average molecular weight is 325 g/mol. The van der Waals surface area contributed by atoms with Crippen LogP contribution >= 0.6 is 0 Å². The van der Waals surface area contributed by atoms with Crippen molar-refractivity contribution < 1.29 is 14.5 Å². The normalized spacial score (nSPS) is 9.83. The summed E-state index contributed by atoms with van der Waals surface area (Å²) in [6.07, 6.45) is 0. The molecular formula is C17H15N3O4. The predicted octanol–water partition coefficient (Wildman–Crippen LogP) is 2.50. The van der Waals surface area contributed by atoms with Crippen LogP contribution in [0.25, 0.3) is 0 Å².